The van der Waals surface area contributed by atoms with Crippen LogP contribution in [0.5, 0.6) is 0 Å². The molecule has 1 aliphatic heterocycles. The van der Waals surface area contributed by atoms with Crippen molar-refractivity contribution in [1.29, 1.82) is 0 Å². The number of likely N-dealkylation sites (tertiary alicyclic amines) is 1. The molecule has 0 saturated carbocycles. The number of aromatic nitrogens is 3. The number of urea groups is 1. The molecule has 2 aromatic rings. The number of nitrogens with zero attached hydrogens (tertiary/aromatic N) is 4. The summed E-state index contributed by atoms with van der Waals surface area (Å²) in [6.45, 7) is -0.430. The number of nitrogens with one attached hydrogen (secondary N) is 1. The minimum absolute atomic E-state index is 0.120. The number of carbonyl (C=O) groups is 1. The Kier molecular flexibility index (Phi) is 5.24. The van der Waals surface area contributed by atoms with Crippen LogP contribution in [0.1, 0.15) is 24.5 Å². The van der Waals surface area contributed by atoms with Gasteiger partial charge in [-0.2, -0.15) is 18.3 Å². The minimum atomic E-state index is -4.52. The molecule has 2 aromatic heterocycles. The van der Waals surface area contributed by atoms with Crippen molar-refractivity contribution >= 4 is 11.7 Å². The summed E-state index contributed by atoms with van der Waals surface area (Å²) in [6.07, 6.45) is -0.0781. The maximum absolute atomic E-state index is 12.6. The van der Waals surface area contributed by atoms with Gasteiger partial charge >= 0.3 is 12.2 Å². The number of amides is 2. The quantitative estimate of drug-likeness (QED) is 0.886. The number of anilines is 1. The smallest absolute Gasteiger partial charge is 0.324 e. The van der Waals surface area contributed by atoms with Crippen LogP contribution in [0.2, 0.25) is 0 Å². The fourth-order valence-corrected chi connectivity index (χ4v) is 3.33. The zero-order chi connectivity index (χ0) is 19.6. The number of hydrogen-bond donors (Lipinski definition) is 1. The van der Waals surface area contributed by atoms with E-state index in [1.807, 2.05) is 13.1 Å². The molecule has 3 rings (SSSR count). The SMILES string of the molecule is Cn1nccc1C1CCCN(C(=O)Nc2cccn(CC(F)(F)F)c2=O)C1. The zero-order valence-corrected chi connectivity index (χ0v) is 14.7. The lowest BCUT2D eigenvalue weighted by Crippen LogP contribution is -2.43. The molecule has 3 heterocycles. The summed E-state index contributed by atoms with van der Waals surface area (Å²) in [5.74, 6) is 0.120. The highest BCUT2D eigenvalue weighted by atomic mass is 19.4. The third-order valence-electron chi connectivity index (χ3n) is 4.60. The molecule has 7 nitrogen and oxygen atoms in total. The van der Waals surface area contributed by atoms with Gasteiger partial charge in [0.1, 0.15) is 12.2 Å². The molecule has 1 N–H and O–H groups in total. The standard InChI is InChI=1S/C17H20F3N5O2/c1-23-14(6-7-21-23)12-4-2-8-24(10-12)16(27)22-13-5-3-9-25(15(13)26)11-17(18,19)20/h3,5-7,9,12H,2,4,8,10-11H2,1H3,(H,22,27). The van der Waals surface area contributed by atoms with Crippen LogP contribution in [-0.2, 0) is 13.6 Å². The maximum atomic E-state index is 12.6. The lowest BCUT2D eigenvalue weighted by Gasteiger charge is -2.32. The van der Waals surface area contributed by atoms with Crippen molar-refractivity contribution in [2.75, 3.05) is 18.4 Å². The Hall–Kier alpha value is -2.78. The van der Waals surface area contributed by atoms with Crippen molar-refractivity contribution in [3.8, 4) is 0 Å². The van der Waals surface area contributed by atoms with E-state index in [2.05, 4.69) is 10.4 Å². The molecule has 0 aromatic carbocycles. The van der Waals surface area contributed by atoms with Crippen LogP contribution in [0.25, 0.3) is 0 Å². The summed E-state index contributed by atoms with van der Waals surface area (Å²) in [4.78, 5) is 26.3. The molecule has 0 bridgehead atoms. The minimum Gasteiger partial charge on any atom is -0.324 e. The fraction of sp³-hybridized carbons (Fsp3) is 0.471. The number of halogens is 3. The third kappa shape index (κ3) is 4.50. The van der Waals surface area contributed by atoms with Crippen LogP contribution in [-0.4, -0.2) is 44.5 Å². The molecule has 0 radical (unpaired) electrons. The van der Waals surface area contributed by atoms with Gasteiger partial charge in [0.2, 0.25) is 0 Å². The number of pyridine rings is 1. The van der Waals surface area contributed by atoms with E-state index in [0.29, 0.717) is 17.7 Å². The number of hydrogen-bond acceptors (Lipinski definition) is 3. The Morgan fingerprint density at radius 2 is 2.15 bits per heavy atom. The average Bonchev–Trinajstić information content (AvgIpc) is 3.03. The molecule has 0 aliphatic carbocycles. The van der Waals surface area contributed by atoms with E-state index < -0.39 is 24.3 Å². The van der Waals surface area contributed by atoms with E-state index in [9.17, 15) is 22.8 Å². The van der Waals surface area contributed by atoms with Gasteiger partial charge in [0, 0.05) is 44.1 Å². The Balaban J connectivity index is 1.71. The molecule has 1 atom stereocenters. The van der Waals surface area contributed by atoms with Gasteiger partial charge in [-0.15, -0.1) is 0 Å². The van der Waals surface area contributed by atoms with Gasteiger partial charge in [0.25, 0.3) is 5.56 Å². The third-order valence-corrected chi connectivity index (χ3v) is 4.60. The molecule has 0 spiro atoms. The molecule has 1 saturated heterocycles. The molecule has 1 unspecified atom stereocenters. The molecule has 146 valence electrons. The van der Waals surface area contributed by atoms with Gasteiger partial charge in [-0.1, -0.05) is 0 Å². The lowest BCUT2D eigenvalue weighted by molar-refractivity contribution is -0.141. The van der Waals surface area contributed by atoms with Crippen molar-refractivity contribution in [3.05, 3.63) is 46.6 Å². The second-order valence-corrected chi connectivity index (χ2v) is 6.57. The first-order valence-electron chi connectivity index (χ1n) is 8.54. The van der Waals surface area contributed by atoms with Gasteiger partial charge in [0.15, 0.2) is 0 Å². The molecule has 10 heteroatoms. The maximum Gasteiger partial charge on any atom is 0.406 e. The fourth-order valence-electron chi connectivity index (χ4n) is 3.33. The average molecular weight is 383 g/mol. The van der Waals surface area contributed by atoms with Gasteiger partial charge in [-0.05, 0) is 31.0 Å². The van der Waals surface area contributed by atoms with Crippen LogP contribution in [0, 0.1) is 0 Å². The predicted octanol–water partition coefficient (Wildman–Crippen LogP) is 2.56. The molecule has 1 fully saturated rings. The number of aryl methyl sites for hydroxylation is 1. The number of carbonyl (C=O) groups excluding carboxylic acids is 1. The topological polar surface area (TPSA) is 72.2 Å². The van der Waals surface area contributed by atoms with Crippen molar-refractivity contribution in [2.24, 2.45) is 7.05 Å². The Labute approximate surface area is 153 Å². The molecule has 1 aliphatic rings. The van der Waals surface area contributed by atoms with Crippen LogP contribution in [0.3, 0.4) is 0 Å². The molecular weight excluding hydrogens is 363 g/mol. The lowest BCUT2D eigenvalue weighted by atomic mass is 9.95. The number of alkyl halides is 3. The summed E-state index contributed by atoms with van der Waals surface area (Å²) < 4.78 is 40.0. The van der Waals surface area contributed by atoms with Crippen molar-refractivity contribution in [2.45, 2.75) is 31.5 Å². The van der Waals surface area contributed by atoms with Gasteiger partial charge in [-0.3, -0.25) is 9.48 Å². The summed E-state index contributed by atoms with van der Waals surface area (Å²) in [5, 5.41) is 6.59. The van der Waals surface area contributed by atoms with Crippen molar-refractivity contribution in [3.63, 3.8) is 0 Å². The Bertz CT molecular complexity index is 874. The Morgan fingerprint density at radius 1 is 1.37 bits per heavy atom. The van der Waals surface area contributed by atoms with Crippen LogP contribution in [0.4, 0.5) is 23.7 Å². The number of rotatable bonds is 3. The van der Waals surface area contributed by atoms with Crippen molar-refractivity contribution < 1.29 is 18.0 Å². The van der Waals surface area contributed by atoms with E-state index in [1.54, 1.807) is 15.8 Å². The number of piperidine rings is 1. The van der Waals surface area contributed by atoms with E-state index in [4.69, 9.17) is 0 Å². The molecule has 2 amide bonds. The molecular formula is C17H20F3N5O2. The largest absolute Gasteiger partial charge is 0.406 e. The molecule has 27 heavy (non-hydrogen) atoms. The zero-order valence-electron chi connectivity index (χ0n) is 14.7. The van der Waals surface area contributed by atoms with Crippen molar-refractivity contribution in [1.82, 2.24) is 19.2 Å². The van der Waals surface area contributed by atoms with Crippen LogP contribution >= 0.6 is 0 Å². The summed E-state index contributed by atoms with van der Waals surface area (Å²) >= 11 is 0. The monoisotopic (exact) mass is 383 g/mol. The second kappa shape index (κ2) is 7.45. The van der Waals surface area contributed by atoms with Crippen LogP contribution in [0.15, 0.2) is 35.4 Å². The first-order chi connectivity index (χ1) is 12.7. The van der Waals surface area contributed by atoms with E-state index in [1.165, 1.54) is 12.1 Å². The summed E-state index contributed by atoms with van der Waals surface area (Å²) in [7, 11) is 1.83. The van der Waals surface area contributed by atoms with E-state index >= 15 is 0 Å². The van der Waals surface area contributed by atoms with Gasteiger partial charge in [-0.25, -0.2) is 4.79 Å². The highest BCUT2D eigenvalue weighted by Crippen LogP contribution is 2.26. The Morgan fingerprint density at radius 3 is 2.81 bits per heavy atom. The second-order valence-electron chi connectivity index (χ2n) is 6.57. The van der Waals surface area contributed by atoms with Gasteiger partial charge < -0.3 is 14.8 Å². The van der Waals surface area contributed by atoms with Gasteiger partial charge in [0.05, 0.1) is 0 Å². The van der Waals surface area contributed by atoms with Crippen LogP contribution < -0.4 is 10.9 Å². The summed E-state index contributed by atoms with van der Waals surface area (Å²) in [5.41, 5.74) is -0.0440. The van der Waals surface area contributed by atoms with E-state index in [-0.39, 0.29) is 11.6 Å². The highest BCUT2D eigenvalue weighted by molar-refractivity contribution is 5.89. The van der Waals surface area contributed by atoms with E-state index in [0.717, 1.165) is 24.7 Å². The first-order valence-corrected chi connectivity index (χ1v) is 8.54. The summed E-state index contributed by atoms with van der Waals surface area (Å²) in [6, 6.07) is 4.01. The normalized spacial score (nSPS) is 17.8. The predicted molar refractivity (Wildman–Crippen MR) is 92.5 cm³/mol. The highest BCUT2D eigenvalue weighted by Gasteiger charge is 2.29. The first kappa shape index (κ1) is 19.0.